The van der Waals surface area contributed by atoms with Crippen molar-refractivity contribution in [2.75, 3.05) is 0 Å². The lowest BCUT2D eigenvalue weighted by molar-refractivity contribution is -0.167. The van der Waals surface area contributed by atoms with Gasteiger partial charge in [-0.15, -0.1) is 0 Å². The molecule has 0 saturated carbocycles. The molecule has 0 aromatic rings. The van der Waals surface area contributed by atoms with Gasteiger partial charge in [0.05, 0.1) is 10.6 Å². The zero-order valence-corrected chi connectivity index (χ0v) is 16.8. The van der Waals surface area contributed by atoms with Gasteiger partial charge in [-0.3, -0.25) is 14.4 Å². The molecule has 2 atom stereocenters. The molecule has 0 saturated heterocycles. The zero-order chi connectivity index (χ0) is 20.4. The summed E-state index contributed by atoms with van der Waals surface area (Å²) in [6.07, 6.45) is 9.60. The number of hydrogen-bond donors (Lipinski definition) is 0. The standard InChI is InChI=1S/C21H23ClO5/c1-6-12(2)9-13(3)7-8-15-10-16-17(11-26-15)19(24)21(5,27-14(4)23)20(25)18(16)22/h7-12H,6H2,1-5H3/t12-,21?/m0/s1. The Morgan fingerprint density at radius 1 is 1.33 bits per heavy atom. The quantitative estimate of drug-likeness (QED) is 0.397. The van der Waals surface area contributed by atoms with Crippen LogP contribution < -0.4 is 0 Å². The number of ether oxygens (including phenoxy) is 2. The van der Waals surface area contributed by atoms with Crippen LogP contribution in [0.3, 0.4) is 0 Å². The predicted octanol–water partition coefficient (Wildman–Crippen LogP) is 4.30. The van der Waals surface area contributed by atoms with E-state index in [1.807, 2.05) is 13.0 Å². The molecule has 0 fully saturated rings. The van der Waals surface area contributed by atoms with Crippen molar-refractivity contribution in [1.29, 1.82) is 0 Å². The number of Topliss-reactive ketones (excluding diaryl/α,β-unsaturated/α-hetero) is 2. The van der Waals surface area contributed by atoms with Crippen molar-refractivity contribution in [2.45, 2.75) is 46.6 Å². The summed E-state index contributed by atoms with van der Waals surface area (Å²) in [5.41, 5.74) is -0.529. The number of hydrogen-bond acceptors (Lipinski definition) is 5. The first kappa shape index (κ1) is 20.9. The number of esters is 1. The van der Waals surface area contributed by atoms with Crippen molar-refractivity contribution in [3.8, 4) is 0 Å². The fourth-order valence-electron chi connectivity index (χ4n) is 2.80. The smallest absolute Gasteiger partial charge is 0.304 e. The number of allylic oxidation sites excluding steroid dienone is 6. The summed E-state index contributed by atoms with van der Waals surface area (Å²) in [7, 11) is 0. The molecule has 0 aromatic carbocycles. The van der Waals surface area contributed by atoms with E-state index in [1.165, 1.54) is 19.3 Å². The van der Waals surface area contributed by atoms with Crippen LogP contribution >= 0.6 is 11.6 Å². The molecule has 2 rings (SSSR count). The van der Waals surface area contributed by atoms with E-state index >= 15 is 0 Å². The molecule has 5 nitrogen and oxygen atoms in total. The zero-order valence-electron chi connectivity index (χ0n) is 16.1. The van der Waals surface area contributed by atoms with Gasteiger partial charge >= 0.3 is 5.97 Å². The van der Waals surface area contributed by atoms with E-state index in [1.54, 1.807) is 6.08 Å². The Bertz CT molecular complexity index is 841. The number of halogens is 1. The molecule has 0 aromatic heterocycles. The van der Waals surface area contributed by atoms with Crippen LogP contribution in [0.25, 0.3) is 0 Å². The lowest BCUT2D eigenvalue weighted by Crippen LogP contribution is -2.51. The van der Waals surface area contributed by atoms with Gasteiger partial charge < -0.3 is 9.47 Å². The molecule has 0 bridgehead atoms. The highest BCUT2D eigenvalue weighted by Gasteiger charge is 2.52. The van der Waals surface area contributed by atoms with Crippen molar-refractivity contribution < 1.29 is 23.9 Å². The monoisotopic (exact) mass is 390 g/mol. The molecule has 1 aliphatic heterocycles. The van der Waals surface area contributed by atoms with Gasteiger partial charge in [0.2, 0.25) is 17.2 Å². The Morgan fingerprint density at radius 2 is 2.00 bits per heavy atom. The number of ketones is 2. The van der Waals surface area contributed by atoms with Crippen LogP contribution in [-0.2, 0) is 23.9 Å². The van der Waals surface area contributed by atoms with E-state index in [-0.39, 0.29) is 16.2 Å². The molecule has 1 heterocycles. The van der Waals surface area contributed by atoms with E-state index in [4.69, 9.17) is 21.1 Å². The minimum absolute atomic E-state index is 0.104. The molecule has 144 valence electrons. The molecule has 27 heavy (non-hydrogen) atoms. The maximum Gasteiger partial charge on any atom is 0.304 e. The first-order valence-electron chi connectivity index (χ1n) is 8.74. The van der Waals surface area contributed by atoms with Gasteiger partial charge in [0.25, 0.3) is 0 Å². The highest BCUT2D eigenvalue weighted by Crippen LogP contribution is 2.38. The number of fused-ring (bicyclic) bond motifs is 1. The summed E-state index contributed by atoms with van der Waals surface area (Å²) in [4.78, 5) is 36.6. The van der Waals surface area contributed by atoms with Crippen LogP contribution in [0.5, 0.6) is 0 Å². The summed E-state index contributed by atoms with van der Waals surface area (Å²) in [5.74, 6) is -1.24. The normalized spacial score (nSPS) is 24.3. The SMILES string of the molecule is CC[C@H](C)C=C(C)C=CC1=CC2=C(Cl)C(=O)C(C)(OC(C)=O)C(=O)C2=CO1. The molecule has 2 aliphatic rings. The number of carbonyl (C=O) groups excluding carboxylic acids is 3. The van der Waals surface area contributed by atoms with E-state index in [0.29, 0.717) is 11.7 Å². The van der Waals surface area contributed by atoms with E-state index in [2.05, 4.69) is 19.9 Å². The van der Waals surface area contributed by atoms with Gasteiger partial charge in [0, 0.05) is 12.5 Å². The Morgan fingerprint density at radius 3 is 2.59 bits per heavy atom. The second-order valence-electron chi connectivity index (χ2n) is 6.84. The molecular weight excluding hydrogens is 368 g/mol. The first-order chi connectivity index (χ1) is 12.6. The van der Waals surface area contributed by atoms with Crippen molar-refractivity contribution in [3.05, 3.63) is 58.1 Å². The first-order valence-corrected chi connectivity index (χ1v) is 9.12. The van der Waals surface area contributed by atoms with Crippen LogP contribution in [0.15, 0.2) is 58.1 Å². The average Bonchev–Trinajstić information content (AvgIpc) is 2.62. The second kappa shape index (κ2) is 8.09. The Kier molecular flexibility index (Phi) is 6.26. The number of rotatable bonds is 5. The van der Waals surface area contributed by atoms with E-state index in [9.17, 15) is 14.4 Å². The summed E-state index contributed by atoms with van der Waals surface area (Å²) < 4.78 is 10.5. The molecular formula is C21H23ClO5. The van der Waals surface area contributed by atoms with Gasteiger partial charge in [0.15, 0.2) is 0 Å². The van der Waals surface area contributed by atoms with E-state index < -0.39 is 23.1 Å². The fourth-order valence-corrected chi connectivity index (χ4v) is 3.13. The highest BCUT2D eigenvalue weighted by atomic mass is 35.5. The molecule has 1 unspecified atom stereocenters. The lowest BCUT2D eigenvalue weighted by Gasteiger charge is -2.32. The Hall–Kier alpha value is -2.40. The maximum atomic E-state index is 12.7. The van der Waals surface area contributed by atoms with Gasteiger partial charge in [-0.1, -0.05) is 49.6 Å². The Balaban J connectivity index is 2.36. The topological polar surface area (TPSA) is 69.7 Å². The predicted molar refractivity (Wildman–Crippen MR) is 103 cm³/mol. The van der Waals surface area contributed by atoms with Crippen molar-refractivity contribution in [3.63, 3.8) is 0 Å². The molecule has 0 spiro atoms. The van der Waals surface area contributed by atoms with Crippen LogP contribution in [0.4, 0.5) is 0 Å². The van der Waals surface area contributed by atoms with Crippen molar-refractivity contribution >= 4 is 29.1 Å². The van der Waals surface area contributed by atoms with Gasteiger partial charge in [-0.25, -0.2) is 0 Å². The fraction of sp³-hybridized carbons (Fsp3) is 0.381. The van der Waals surface area contributed by atoms with Crippen LogP contribution in [0, 0.1) is 5.92 Å². The summed E-state index contributed by atoms with van der Waals surface area (Å²) >= 11 is 6.20. The van der Waals surface area contributed by atoms with Crippen molar-refractivity contribution in [1.82, 2.24) is 0 Å². The highest BCUT2D eigenvalue weighted by molar-refractivity contribution is 6.49. The van der Waals surface area contributed by atoms with Gasteiger partial charge in [-0.2, -0.15) is 0 Å². The van der Waals surface area contributed by atoms with Gasteiger partial charge in [-0.05, 0) is 31.9 Å². The average molecular weight is 391 g/mol. The van der Waals surface area contributed by atoms with Crippen molar-refractivity contribution in [2.24, 2.45) is 5.92 Å². The third-order valence-corrected chi connectivity index (χ3v) is 4.86. The van der Waals surface area contributed by atoms with Crippen LogP contribution in [-0.4, -0.2) is 23.1 Å². The minimum atomic E-state index is -1.97. The maximum absolute atomic E-state index is 12.7. The minimum Gasteiger partial charge on any atom is -0.464 e. The molecule has 0 N–H and O–H groups in total. The summed E-state index contributed by atoms with van der Waals surface area (Å²) in [5, 5.41) is -0.161. The Labute approximate surface area is 164 Å². The largest absolute Gasteiger partial charge is 0.464 e. The molecule has 6 heteroatoms. The molecule has 0 radical (unpaired) electrons. The van der Waals surface area contributed by atoms with Crippen LogP contribution in [0.1, 0.15) is 41.0 Å². The summed E-state index contributed by atoms with van der Waals surface area (Å²) in [6, 6.07) is 0. The van der Waals surface area contributed by atoms with Crippen LogP contribution in [0.2, 0.25) is 0 Å². The third kappa shape index (κ3) is 4.30. The molecule has 0 amide bonds. The lowest BCUT2D eigenvalue weighted by atomic mass is 9.80. The summed E-state index contributed by atoms with van der Waals surface area (Å²) in [6.45, 7) is 8.60. The second-order valence-corrected chi connectivity index (χ2v) is 7.22. The number of carbonyl (C=O) groups is 3. The third-order valence-electron chi connectivity index (χ3n) is 4.49. The van der Waals surface area contributed by atoms with E-state index in [0.717, 1.165) is 18.9 Å². The van der Waals surface area contributed by atoms with Gasteiger partial charge in [0.1, 0.15) is 12.0 Å². The molecule has 1 aliphatic carbocycles.